The molecule has 9 heteroatoms. The van der Waals surface area contributed by atoms with Crippen molar-refractivity contribution in [1.29, 1.82) is 0 Å². The zero-order chi connectivity index (χ0) is 19.9. The number of halogens is 2. The highest BCUT2D eigenvalue weighted by molar-refractivity contribution is 9.10. The highest BCUT2D eigenvalue weighted by Crippen LogP contribution is 2.28. The number of ether oxygens (including phenoxy) is 1. The maximum atomic E-state index is 11.9. The Balaban J connectivity index is 1.65. The number of nitrogens with zero attached hydrogens (tertiary/aromatic N) is 2. The predicted octanol–water partition coefficient (Wildman–Crippen LogP) is 3.70. The lowest BCUT2D eigenvalue weighted by atomic mass is 10.1. The smallest absolute Gasteiger partial charge is 0.280 e. The summed E-state index contributed by atoms with van der Waals surface area (Å²) in [6.45, 7) is 0.651. The Bertz CT molecular complexity index is 967. The third-order valence-electron chi connectivity index (χ3n) is 3.97. The topological polar surface area (TPSA) is 100 Å². The summed E-state index contributed by atoms with van der Waals surface area (Å²) in [5, 5.41) is 20.4. The van der Waals surface area contributed by atoms with Gasteiger partial charge in [0.25, 0.3) is 11.4 Å². The molecule has 0 aliphatic heterocycles. The first-order chi connectivity index (χ1) is 13.5. The van der Waals surface area contributed by atoms with Crippen molar-refractivity contribution >= 4 is 33.2 Å². The van der Waals surface area contributed by atoms with Crippen molar-refractivity contribution in [2.24, 2.45) is 0 Å². The number of nitrogens with one attached hydrogen (secondary N) is 2. The van der Waals surface area contributed by atoms with E-state index in [1.54, 1.807) is 36.7 Å². The van der Waals surface area contributed by atoms with Gasteiger partial charge in [-0.15, -0.1) is 5.10 Å². The van der Waals surface area contributed by atoms with Crippen molar-refractivity contribution < 1.29 is 9.84 Å². The first-order valence-corrected chi connectivity index (χ1v) is 9.69. The number of benzene rings is 1. The number of H-pyrrole nitrogens is 1. The third kappa shape index (κ3) is 5.31. The van der Waals surface area contributed by atoms with Crippen LogP contribution in [0.2, 0.25) is 5.02 Å². The van der Waals surface area contributed by atoms with Crippen LogP contribution in [0.4, 0.5) is 5.69 Å². The minimum Gasteiger partial charge on any atom is -0.475 e. The number of hydrogen-bond acceptors (Lipinski definition) is 6. The molecule has 0 radical (unpaired) electrons. The van der Waals surface area contributed by atoms with Crippen molar-refractivity contribution in [2.45, 2.75) is 19.1 Å². The Morgan fingerprint density at radius 3 is 2.79 bits per heavy atom. The third-order valence-corrected chi connectivity index (χ3v) is 4.98. The van der Waals surface area contributed by atoms with E-state index in [1.165, 1.54) is 0 Å². The number of aromatic nitrogens is 3. The molecular weight excluding hydrogens is 448 g/mol. The Morgan fingerprint density at radius 2 is 2.07 bits per heavy atom. The van der Waals surface area contributed by atoms with E-state index in [2.05, 4.69) is 36.4 Å². The molecule has 0 aliphatic rings. The fraction of sp³-hybridized carbons (Fsp3) is 0.211. The van der Waals surface area contributed by atoms with Crippen LogP contribution in [0.5, 0.6) is 5.88 Å². The van der Waals surface area contributed by atoms with Gasteiger partial charge < -0.3 is 15.2 Å². The van der Waals surface area contributed by atoms with Crippen LogP contribution in [-0.2, 0) is 6.54 Å². The second-order valence-corrected chi connectivity index (χ2v) is 7.20. The molecule has 3 rings (SSSR count). The van der Waals surface area contributed by atoms with Crippen LogP contribution in [-0.4, -0.2) is 26.9 Å². The van der Waals surface area contributed by atoms with Crippen molar-refractivity contribution in [1.82, 2.24) is 15.2 Å². The van der Waals surface area contributed by atoms with Gasteiger partial charge in [-0.05, 0) is 45.3 Å². The standard InChI is InChI=1S/C19H18BrClN4O3/c20-16-17(23-11-12-2-1-8-22-10-12)19(25-24-18(16)27)28-9-7-15(26)13-3-5-14(21)6-4-13/h1-6,8,10,15,26H,7,9,11H2,(H2,23,24,27)/t15-/m1/s1. The summed E-state index contributed by atoms with van der Waals surface area (Å²) in [7, 11) is 0. The lowest BCUT2D eigenvalue weighted by Crippen LogP contribution is -2.16. The molecule has 0 saturated carbocycles. The number of aromatic amines is 1. The van der Waals surface area contributed by atoms with Crippen molar-refractivity contribution in [3.05, 3.63) is 79.8 Å². The van der Waals surface area contributed by atoms with Crippen molar-refractivity contribution in [3.63, 3.8) is 0 Å². The SMILES string of the molecule is O=c1[nH]nc(OCC[C@@H](O)c2ccc(Cl)cc2)c(NCc2cccnc2)c1Br. The van der Waals surface area contributed by atoms with Gasteiger partial charge in [-0.2, -0.15) is 0 Å². The molecule has 0 fully saturated rings. The van der Waals surface area contributed by atoms with Gasteiger partial charge in [-0.3, -0.25) is 9.78 Å². The molecular formula is C19H18BrClN4O3. The molecule has 3 aromatic rings. The fourth-order valence-electron chi connectivity index (χ4n) is 2.48. The maximum Gasteiger partial charge on any atom is 0.280 e. The normalized spacial score (nSPS) is 11.8. The molecule has 0 spiro atoms. The molecule has 0 saturated heterocycles. The van der Waals surface area contributed by atoms with Gasteiger partial charge in [0.05, 0.1) is 12.7 Å². The van der Waals surface area contributed by atoms with E-state index < -0.39 is 6.10 Å². The number of aliphatic hydroxyl groups is 1. The predicted molar refractivity (Wildman–Crippen MR) is 111 cm³/mol. The lowest BCUT2D eigenvalue weighted by Gasteiger charge is -2.15. The van der Waals surface area contributed by atoms with Gasteiger partial charge in [0, 0.05) is 30.4 Å². The van der Waals surface area contributed by atoms with Gasteiger partial charge in [0.15, 0.2) is 0 Å². The number of anilines is 1. The molecule has 0 unspecified atom stereocenters. The molecule has 7 nitrogen and oxygen atoms in total. The van der Waals surface area contributed by atoms with Crippen LogP contribution < -0.4 is 15.6 Å². The monoisotopic (exact) mass is 464 g/mol. The van der Waals surface area contributed by atoms with E-state index in [9.17, 15) is 9.90 Å². The number of hydrogen-bond donors (Lipinski definition) is 3. The minimum atomic E-state index is -0.699. The molecule has 2 heterocycles. The zero-order valence-electron chi connectivity index (χ0n) is 14.7. The van der Waals surface area contributed by atoms with E-state index in [0.29, 0.717) is 28.1 Å². The second kappa shape index (κ2) is 9.68. The van der Waals surface area contributed by atoms with Gasteiger partial charge in [0.2, 0.25) is 0 Å². The molecule has 1 atom stereocenters. The number of rotatable bonds is 8. The largest absolute Gasteiger partial charge is 0.475 e. The minimum absolute atomic E-state index is 0.205. The van der Waals surface area contributed by atoms with Crippen LogP contribution >= 0.6 is 27.5 Å². The average Bonchev–Trinajstić information content (AvgIpc) is 2.71. The van der Waals surface area contributed by atoms with Gasteiger partial charge >= 0.3 is 0 Å². The summed E-state index contributed by atoms with van der Waals surface area (Å²) in [5.41, 5.74) is 1.76. The lowest BCUT2D eigenvalue weighted by molar-refractivity contribution is 0.139. The van der Waals surface area contributed by atoms with Gasteiger partial charge in [0.1, 0.15) is 10.2 Å². The van der Waals surface area contributed by atoms with Gasteiger partial charge in [-0.25, -0.2) is 5.10 Å². The van der Waals surface area contributed by atoms with E-state index in [0.717, 1.165) is 11.1 Å². The zero-order valence-corrected chi connectivity index (χ0v) is 17.1. The van der Waals surface area contributed by atoms with Crippen LogP contribution in [0.25, 0.3) is 0 Å². The molecule has 0 aliphatic carbocycles. The van der Waals surface area contributed by atoms with E-state index >= 15 is 0 Å². The maximum absolute atomic E-state index is 11.9. The Kier molecular flexibility index (Phi) is 7.02. The Hall–Kier alpha value is -2.42. The highest BCUT2D eigenvalue weighted by Gasteiger charge is 2.15. The molecule has 146 valence electrons. The number of pyridine rings is 1. The first-order valence-electron chi connectivity index (χ1n) is 8.52. The molecule has 1 aromatic carbocycles. The van der Waals surface area contributed by atoms with Crippen LogP contribution in [0.1, 0.15) is 23.7 Å². The summed E-state index contributed by atoms with van der Waals surface area (Å²) in [5.74, 6) is 0.235. The number of aliphatic hydroxyl groups excluding tert-OH is 1. The molecule has 0 amide bonds. The van der Waals surface area contributed by atoms with Crippen molar-refractivity contribution in [3.8, 4) is 5.88 Å². The van der Waals surface area contributed by atoms with E-state index in [4.69, 9.17) is 16.3 Å². The summed E-state index contributed by atoms with van der Waals surface area (Å²) in [4.78, 5) is 15.9. The van der Waals surface area contributed by atoms with E-state index in [-0.39, 0.29) is 18.0 Å². The Morgan fingerprint density at radius 1 is 1.29 bits per heavy atom. The highest BCUT2D eigenvalue weighted by atomic mass is 79.9. The molecule has 28 heavy (non-hydrogen) atoms. The second-order valence-electron chi connectivity index (χ2n) is 5.97. The molecule has 0 bridgehead atoms. The van der Waals surface area contributed by atoms with Crippen molar-refractivity contribution in [2.75, 3.05) is 11.9 Å². The average molecular weight is 466 g/mol. The first kappa shape index (κ1) is 20.3. The van der Waals surface area contributed by atoms with Crippen LogP contribution in [0.15, 0.2) is 58.1 Å². The molecule has 2 aromatic heterocycles. The quantitative estimate of drug-likeness (QED) is 0.469. The Labute approximate surface area is 174 Å². The van der Waals surface area contributed by atoms with Gasteiger partial charge in [-0.1, -0.05) is 29.8 Å². The molecule has 3 N–H and O–H groups in total. The van der Waals surface area contributed by atoms with E-state index in [1.807, 2.05) is 12.1 Å². The van der Waals surface area contributed by atoms with Crippen LogP contribution in [0, 0.1) is 0 Å². The van der Waals surface area contributed by atoms with Crippen LogP contribution in [0.3, 0.4) is 0 Å². The summed E-state index contributed by atoms with van der Waals surface area (Å²) < 4.78 is 5.99. The summed E-state index contributed by atoms with van der Waals surface area (Å²) >= 11 is 9.13. The summed E-state index contributed by atoms with van der Waals surface area (Å²) in [6, 6.07) is 10.7. The fourth-order valence-corrected chi connectivity index (χ4v) is 3.01. The summed E-state index contributed by atoms with van der Waals surface area (Å²) in [6.07, 6.45) is 3.07.